The monoisotopic (exact) mass is 401 g/mol. The van der Waals surface area contributed by atoms with Crippen molar-refractivity contribution < 1.29 is 0 Å². The zero-order chi connectivity index (χ0) is 18.4. The number of aryl methyl sites for hydroxylation is 1. The van der Waals surface area contributed by atoms with Crippen LogP contribution < -0.4 is 8.79 Å². The molecule has 3 aromatic carbocycles. The van der Waals surface area contributed by atoms with E-state index in [4.69, 9.17) is 4.98 Å². The summed E-state index contributed by atoms with van der Waals surface area (Å²) in [6, 6.07) is 14.1. The molecule has 0 atom stereocenters. The Bertz CT molecular complexity index is 1240. The van der Waals surface area contributed by atoms with Crippen molar-refractivity contribution in [2.75, 3.05) is 0 Å². The number of hydrogen-bond donors (Lipinski definition) is 0. The third kappa shape index (κ3) is 1.95. The van der Waals surface area contributed by atoms with Crippen LogP contribution in [0.5, 0.6) is 0 Å². The SMILES string of the molecule is Cc1ccc2c(c1)c1cc(C(C)(C)C)c[c]3c1c1[c](ccnc21)[Ge]3([CH3])[CH3]. The van der Waals surface area contributed by atoms with Crippen LogP contribution in [-0.2, 0) is 5.41 Å². The summed E-state index contributed by atoms with van der Waals surface area (Å²) in [5.74, 6) is 5.10. The van der Waals surface area contributed by atoms with Crippen LogP contribution in [0.25, 0.3) is 32.4 Å². The Morgan fingerprint density at radius 2 is 1.58 bits per heavy atom. The molecular formula is C24H25GeN. The molecule has 0 amide bonds. The van der Waals surface area contributed by atoms with Gasteiger partial charge in [0.05, 0.1) is 0 Å². The molecule has 4 aromatic rings. The van der Waals surface area contributed by atoms with Gasteiger partial charge >= 0.3 is 158 Å². The Kier molecular flexibility index (Phi) is 3.07. The summed E-state index contributed by atoms with van der Waals surface area (Å²) in [5.41, 5.74) is 4.13. The van der Waals surface area contributed by atoms with Crippen LogP contribution in [0, 0.1) is 6.92 Å². The van der Waals surface area contributed by atoms with Gasteiger partial charge in [-0.05, 0) is 0 Å². The predicted molar refractivity (Wildman–Crippen MR) is 117 cm³/mol. The standard InChI is InChI=1S/C24H25GeN/c1-14-7-8-16-17(11-14)18-12-15(24(2,3)4)13-20-21(18)22-19(25(20,5)6)9-10-26-23(16)22/h7-13H,1-6H3. The van der Waals surface area contributed by atoms with E-state index in [-0.39, 0.29) is 5.41 Å². The van der Waals surface area contributed by atoms with Crippen LogP contribution >= 0.6 is 0 Å². The summed E-state index contributed by atoms with van der Waals surface area (Å²) in [6.07, 6.45) is 2.03. The Labute approximate surface area is 157 Å². The van der Waals surface area contributed by atoms with E-state index in [1.165, 1.54) is 43.6 Å². The summed E-state index contributed by atoms with van der Waals surface area (Å²) in [4.78, 5) is 4.85. The van der Waals surface area contributed by atoms with Crippen LogP contribution in [0.3, 0.4) is 0 Å². The molecule has 0 N–H and O–H groups in total. The molecule has 2 heteroatoms. The molecule has 0 saturated carbocycles. The molecule has 5 rings (SSSR count). The molecule has 0 aliphatic carbocycles. The van der Waals surface area contributed by atoms with E-state index in [0.717, 1.165) is 0 Å². The number of fused-ring (bicyclic) bond motifs is 3. The molecule has 0 unspecified atom stereocenters. The molecule has 0 fully saturated rings. The summed E-state index contributed by atoms with van der Waals surface area (Å²) in [5, 5.41) is 7.05. The molecule has 1 nitrogen and oxygen atoms in total. The maximum absolute atomic E-state index is 4.85. The molecule has 26 heavy (non-hydrogen) atoms. The number of pyridine rings is 1. The fourth-order valence-electron chi connectivity index (χ4n) is 4.72. The molecule has 1 aliphatic heterocycles. The Morgan fingerprint density at radius 3 is 2.31 bits per heavy atom. The number of nitrogens with zero attached hydrogens (tertiary/aromatic N) is 1. The second-order valence-corrected chi connectivity index (χ2v) is 18.5. The van der Waals surface area contributed by atoms with Gasteiger partial charge in [0.2, 0.25) is 0 Å². The first-order valence-electron chi connectivity index (χ1n) is 9.50. The van der Waals surface area contributed by atoms with Crippen molar-refractivity contribution in [3.63, 3.8) is 0 Å². The van der Waals surface area contributed by atoms with Gasteiger partial charge in [0, 0.05) is 0 Å². The quantitative estimate of drug-likeness (QED) is 0.289. The Balaban J connectivity index is 2.15. The number of benzene rings is 3. The molecule has 130 valence electrons. The molecule has 2 heterocycles. The molecular weight excluding hydrogens is 375 g/mol. The van der Waals surface area contributed by atoms with Crippen molar-refractivity contribution in [2.24, 2.45) is 0 Å². The molecule has 0 bridgehead atoms. The van der Waals surface area contributed by atoms with Crippen LogP contribution in [0.15, 0.2) is 42.6 Å². The van der Waals surface area contributed by atoms with E-state index in [1.807, 2.05) is 6.20 Å². The topological polar surface area (TPSA) is 12.9 Å². The van der Waals surface area contributed by atoms with Crippen LogP contribution in [0.1, 0.15) is 31.9 Å². The van der Waals surface area contributed by atoms with Crippen molar-refractivity contribution in [3.8, 4) is 0 Å². The van der Waals surface area contributed by atoms with Gasteiger partial charge < -0.3 is 0 Å². The first-order valence-corrected chi connectivity index (χ1v) is 15.8. The van der Waals surface area contributed by atoms with Crippen LogP contribution in [-0.4, -0.2) is 18.3 Å². The van der Waals surface area contributed by atoms with Gasteiger partial charge in [-0.1, -0.05) is 0 Å². The van der Waals surface area contributed by atoms with Crippen molar-refractivity contribution in [1.82, 2.24) is 4.98 Å². The third-order valence-corrected chi connectivity index (χ3v) is 13.6. The molecule has 0 spiro atoms. The van der Waals surface area contributed by atoms with Gasteiger partial charge in [-0.15, -0.1) is 0 Å². The molecule has 1 aliphatic rings. The summed E-state index contributed by atoms with van der Waals surface area (Å²) in [7, 11) is 0. The fourth-order valence-corrected chi connectivity index (χ4v) is 11.1. The van der Waals surface area contributed by atoms with Gasteiger partial charge in [0.25, 0.3) is 0 Å². The van der Waals surface area contributed by atoms with Crippen molar-refractivity contribution in [1.29, 1.82) is 0 Å². The number of hydrogen-bond acceptors (Lipinski definition) is 1. The van der Waals surface area contributed by atoms with E-state index in [2.05, 4.69) is 75.6 Å². The number of rotatable bonds is 0. The average Bonchev–Trinajstić information content (AvgIpc) is 2.81. The first kappa shape index (κ1) is 16.3. The van der Waals surface area contributed by atoms with E-state index in [1.54, 1.807) is 8.79 Å². The summed E-state index contributed by atoms with van der Waals surface area (Å²) < 4.78 is 3.24. The zero-order valence-electron chi connectivity index (χ0n) is 16.5. The third-order valence-electron chi connectivity index (χ3n) is 6.27. The fraction of sp³-hybridized carbons (Fsp3) is 0.292. The minimum absolute atomic E-state index is 0.154. The second kappa shape index (κ2) is 4.89. The zero-order valence-corrected chi connectivity index (χ0v) is 18.6. The van der Waals surface area contributed by atoms with Crippen molar-refractivity contribution >= 4 is 54.5 Å². The predicted octanol–water partition coefficient (Wildman–Crippen LogP) is 5.28. The van der Waals surface area contributed by atoms with Gasteiger partial charge in [-0.2, -0.15) is 0 Å². The van der Waals surface area contributed by atoms with Gasteiger partial charge in [-0.3, -0.25) is 0 Å². The van der Waals surface area contributed by atoms with E-state index in [9.17, 15) is 0 Å². The average molecular weight is 400 g/mol. The van der Waals surface area contributed by atoms with Crippen molar-refractivity contribution in [3.05, 3.63) is 53.7 Å². The van der Waals surface area contributed by atoms with Gasteiger partial charge in [-0.25, -0.2) is 0 Å². The Hall–Kier alpha value is -1.87. The van der Waals surface area contributed by atoms with Crippen LogP contribution in [0.2, 0.25) is 11.5 Å². The van der Waals surface area contributed by atoms with E-state index < -0.39 is 13.3 Å². The second-order valence-electron chi connectivity index (χ2n) is 9.45. The molecule has 0 radical (unpaired) electrons. The Morgan fingerprint density at radius 1 is 0.808 bits per heavy atom. The van der Waals surface area contributed by atoms with Gasteiger partial charge in [0.15, 0.2) is 0 Å². The first-order chi connectivity index (χ1) is 12.2. The molecule has 1 aromatic heterocycles. The molecule has 0 saturated heterocycles. The van der Waals surface area contributed by atoms with Crippen LogP contribution in [0.4, 0.5) is 0 Å². The summed E-state index contributed by atoms with van der Waals surface area (Å²) in [6.45, 7) is 9.18. The number of aromatic nitrogens is 1. The normalized spacial score (nSPS) is 15.6. The summed E-state index contributed by atoms with van der Waals surface area (Å²) >= 11 is -2.31. The maximum atomic E-state index is 4.85. The van der Waals surface area contributed by atoms with E-state index in [0.29, 0.717) is 0 Å². The minimum atomic E-state index is -2.31. The van der Waals surface area contributed by atoms with Crippen molar-refractivity contribution in [2.45, 2.75) is 44.6 Å². The van der Waals surface area contributed by atoms with Gasteiger partial charge in [0.1, 0.15) is 0 Å². The van der Waals surface area contributed by atoms with E-state index >= 15 is 0 Å².